The quantitative estimate of drug-likeness (QED) is 0.654. The van der Waals surface area contributed by atoms with Crippen LogP contribution in [-0.2, 0) is 6.54 Å². The first-order valence-corrected chi connectivity index (χ1v) is 7.31. The van der Waals surface area contributed by atoms with Gasteiger partial charge in [0.15, 0.2) is 0 Å². The molecule has 0 atom stereocenters. The second-order valence-electron chi connectivity index (χ2n) is 5.53. The van der Waals surface area contributed by atoms with Gasteiger partial charge in [-0.05, 0) is 12.8 Å². The standard InChI is InChI=1S/C14H17N3O6/c18-14(19)15(11-4-2-1-3-5-11)9-10-8-12(16(20)21)6-7-13(10)17(22)23/h6-8,11H,1-5,9H2,(H,18,19). The molecule has 23 heavy (non-hydrogen) atoms. The topological polar surface area (TPSA) is 127 Å². The highest BCUT2D eigenvalue weighted by molar-refractivity contribution is 5.66. The molecule has 124 valence electrons. The van der Waals surface area contributed by atoms with Crippen LogP contribution in [0.1, 0.15) is 37.7 Å². The first-order chi connectivity index (χ1) is 10.9. The molecule has 0 unspecified atom stereocenters. The number of hydrogen-bond donors (Lipinski definition) is 1. The molecule has 0 aliphatic heterocycles. The molecule has 9 heteroatoms. The average Bonchev–Trinajstić information content (AvgIpc) is 2.52. The third-order valence-corrected chi connectivity index (χ3v) is 4.07. The zero-order valence-corrected chi connectivity index (χ0v) is 12.4. The van der Waals surface area contributed by atoms with Gasteiger partial charge in [0.1, 0.15) is 0 Å². The average molecular weight is 323 g/mol. The van der Waals surface area contributed by atoms with E-state index in [1.54, 1.807) is 0 Å². The summed E-state index contributed by atoms with van der Waals surface area (Å²) in [4.78, 5) is 33.3. The summed E-state index contributed by atoms with van der Waals surface area (Å²) in [6, 6.07) is 2.97. The van der Waals surface area contributed by atoms with Crippen molar-refractivity contribution in [1.82, 2.24) is 4.90 Å². The zero-order chi connectivity index (χ0) is 17.0. The van der Waals surface area contributed by atoms with Gasteiger partial charge >= 0.3 is 6.09 Å². The summed E-state index contributed by atoms with van der Waals surface area (Å²) in [5.41, 5.74) is -0.561. The molecule has 1 aliphatic carbocycles. The van der Waals surface area contributed by atoms with Gasteiger partial charge in [-0.25, -0.2) is 4.79 Å². The van der Waals surface area contributed by atoms with Crippen LogP contribution in [-0.4, -0.2) is 32.0 Å². The lowest BCUT2D eigenvalue weighted by Crippen LogP contribution is -2.40. The number of rotatable bonds is 5. The van der Waals surface area contributed by atoms with E-state index in [-0.39, 0.29) is 29.5 Å². The highest BCUT2D eigenvalue weighted by atomic mass is 16.6. The van der Waals surface area contributed by atoms with E-state index >= 15 is 0 Å². The van der Waals surface area contributed by atoms with Crippen LogP contribution >= 0.6 is 0 Å². The van der Waals surface area contributed by atoms with Crippen LogP contribution in [0, 0.1) is 20.2 Å². The molecule has 0 aromatic heterocycles. The zero-order valence-electron chi connectivity index (χ0n) is 12.4. The van der Waals surface area contributed by atoms with Crippen molar-refractivity contribution < 1.29 is 19.7 Å². The molecular weight excluding hydrogens is 306 g/mol. The highest BCUT2D eigenvalue weighted by Gasteiger charge is 2.28. The Balaban J connectivity index is 2.33. The molecule has 1 aromatic carbocycles. The van der Waals surface area contributed by atoms with Crippen LogP contribution < -0.4 is 0 Å². The van der Waals surface area contributed by atoms with Crippen LogP contribution in [0.15, 0.2) is 18.2 Å². The Hall–Kier alpha value is -2.71. The Morgan fingerprint density at radius 3 is 2.35 bits per heavy atom. The normalized spacial score (nSPS) is 15.1. The Morgan fingerprint density at radius 1 is 1.17 bits per heavy atom. The van der Waals surface area contributed by atoms with Crippen molar-refractivity contribution in [2.45, 2.75) is 44.7 Å². The molecule has 1 saturated carbocycles. The molecule has 9 nitrogen and oxygen atoms in total. The summed E-state index contributed by atoms with van der Waals surface area (Å²) in [6.45, 7) is -0.224. The number of non-ortho nitro benzene ring substituents is 1. The van der Waals surface area contributed by atoms with Crippen molar-refractivity contribution in [3.8, 4) is 0 Å². The minimum absolute atomic E-state index is 0.0390. The first kappa shape index (κ1) is 16.7. The molecule has 0 heterocycles. The van der Waals surface area contributed by atoms with Crippen LogP contribution in [0.3, 0.4) is 0 Å². The van der Waals surface area contributed by atoms with Crippen LogP contribution in [0.25, 0.3) is 0 Å². The molecule has 0 radical (unpaired) electrons. The van der Waals surface area contributed by atoms with Gasteiger partial charge in [0.05, 0.1) is 22.0 Å². The maximum absolute atomic E-state index is 11.5. The summed E-state index contributed by atoms with van der Waals surface area (Å²) < 4.78 is 0. The SMILES string of the molecule is O=C(O)N(Cc1cc([N+](=O)[O-])ccc1[N+](=O)[O-])C1CCCCC1. The maximum atomic E-state index is 11.5. The van der Waals surface area contributed by atoms with E-state index in [2.05, 4.69) is 0 Å². The highest BCUT2D eigenvalue weighted by Crippen LogP contribution is 2.29. The number of nitro groups is 2. The number of hydrogen-bond acceptors (Lipinski definition) is 5. The molecule has 1 aromatic rings. The van der Waals surface area contributed by atoms with Crippen LogP contribution in [0.4, 0.5) is 16.2 Å². The van der Waals surface area contributed by atoms with E-state index in [9.17, 15) is 30.1 Å². The maximum Gasteiger partial charge on any atom is 0.407 e. The van der Waals surface area contributed by atoms with E-state index in [1.165, 1.54) is 0 Å². The van der Waals surface area contributed by atoms with Crippen LogP contribution in [0.5, 0.6) is 0 Å². The van der Waals surface area contributed by atoms with Gasteiger partial charge in [0.25, 0.3) is 11.4 Å². The fraction of sp³-hybridized carbons (Fsp3) is 0.500. The predicted octanol–water partition coefficient (Wildman–Crippen LogP) is 3.32. The Morgan fingerprint density at radius 2 is 1.83 bits per heavy atom. The fourth-order valence-electron chi connectivity index (χ4n) is 2.92. The smallest absolute Gasteiger partial charge is 0.407 e. The van der Waals surface area contributed by atoms with Gasteiger partial charge < -0.3 is 10.0 Å². The molecule has 0 spiro atoms. The summed E-state index contributed by atoms with van der Waals surface area (Å²) in [7, 11) is 0. The minimum atomic E-state index is -1.17. The molecule has 1 amide bonds. The Bertz CT molecular complexity index is 627. The van der Waals surface area contributed by atoms with Gasteiger partial charge in [0.2, 0.25) is 0 Å². The molecule has 2 rings (SSSR count). The van der Waals surface area contributed by atoms with Gasteiger partial charge in [0, 0.05) is 24.2 Å². The lowest BCUT2D eigenvalue weighted by molar-refractivity contribution is -0.389. The Labute approximate surface area is 131 Å². The van der Waals surface area contributed by atoms with Crippen molar-refractivity contribution in [2.24, 2.45) is 0 Å². The summed E-state index contributed by atoms with van der Waals surface area (Å²) in [5.74, 6) is 0. The van der Waals surface area contributed by atoms with Crippen molar-refractivity contribution in [1.29, 1.82) is 0 Å². The molecule has 1 fully saturated rings. The van der Waals surface area contributed by atoms with Gasteiger partial charge in [-0.1, -0.05) is 19.3 Å². The van der Waals surface area contributed by atoms with E-state index in [1.807, 2.05) is 0 Å². The number of benzene rings is 1. The Kier molecular flexibility index (Phi) is 5.09. The van der Waals surface area contributed by atoms with Crippen molar-refractivity contribution in [2.75, 3.05) is 0 Å². The van der Waals surface area contributed by atoms with E-state index in [0.717, 1.165) is 42.4 Å². The largest absolute Gasteiger partial charge is 0.465 e. The summed E-state index contributed by atoms with van der Waals surface area (Å²) >= 11 is 0. The van der Waals surface area contributed by atoms with Gasteiger partial charge in [-0.2, -0.15) is 0 Å². The monoisotopic (exact) mass is 323 g/mol. The van der Waals surface area contributed by atoms with Crippen molar-refractivity contribution in [3.05, 3.63) is 44.0 Å². The molecule has 0 bridgehead atoms. The third-order valence-electron chi connectivity index (χ3n) is 4.07. The number of carboxylic acid groups (broad SMARTS) is 1. The number of nitro benzene ring substituents is 2. The van der Waals surface area contributed by atoms with E-state index in [4.69, 9.17) is 0 Å². The molecule has 1 N–H and O–H groups in total. The minimum Gasteiger partial charge on any atom is -0.465 e. The van der Waals surface area contributed by atoms with E-state index < -0.39 is 15.9 Å². The van der Waals surface area contributed by atoms with Gasteiger partial charge in [-0.15, -0.1) is 0 Å². The second kappa shape index (κ2) is 7.03. The van der Waals surface area contributed by atoms with Crippen molar-refractivity contribution >= 4 is 17.5 Å². The first-order valence-electron chi connectivity index (χ1n) is 7.31. The molecular formula is C14H17N3O6. The number of amides is 1. The van der Waals surface area contributed by atoms with Gasteiger partial charge in [-0.3, -0.25) is 20.2 Å². The lowest BCUT2D eigenvalue weighted by atomic mass is 9.94. The third kappa shape index (κ3) is 3.93. The van der Waals surface area contributed by atoms with E-state index in [0.29, 0.717) is 12.8 Å². The number of nitrogens with zero attached hydrogens (tertiary/aromatic N) is 3. The molecule has 1 aliphatic rings. The number of carbonyl (C=O) groups is 1. The lowest BCUT2D eigenvalue weighted by Gasteiger charge is -2.32. The fourth-order valence-corrected chi connectivity index (χ4v) is 2.92. The molecule has 0 saturated heterocycles. The predicted molar refractivity (Wildman–Crippen MR) is 80.2 cm³/mol. The van der Waals surface area contributed by atoms with Crippen LogP contribution in [0.2, 0.25) is 0 Å². The second-order valence-corrected chi connectivity index (χ2v) is 5.53. The summed E-state index contributed by atoms with van der Waals surface area (Å²) in [5, 5.41) is 31.4. The van der Waals surface area contributed by atoms with Crippen molar-refractivity contribution in [3.63, 3.8) is 0 Å². The summed E-state index contributed by atoms with van der Waals surface area (Å²) in [6.07, 6.45) is 3.10.